The second-order valence-electron chi connectivity index (χ2n) is 9.60. The predicted molar refractivity (Wildman–Crippen MR) is 147 cm³/mol. The molecule has 3 aromatic carbocycles. The second kappa shape index (κ2) is 10.3. The lowest BCUT2D eigenvalue weighted by Crippen LogP contribution is -2.28. The summed E-state index contributed by atoms with van der Waals surface area (Å²) in [5.74, 6) is 0.673. The molecule has 1 aliphatic rings. The van der Waals surface area contributed by atoms with Gasteiger partial charge in [-0.05, 0) is 67.8 Å². The van der Waals surface area contributed by atoms with Gasteiger partial charge in [0.2, 0.25) is 10.0 Å². The van der Waals surface area contributed by atoms with Crippen LogP contribution in [0.1, 0.15) is 31.7 Å². The number of ether oxygens (including phenoxy) is 1. The van der Waals surface area contributed by atoms with Gasteiger partial charge in [0.1, 0.15) is 12.0 Å². The van der Waals surface area contributed by atoms with Crippen molar-refractivity contribution in [2.24, 2.45) is 0 Å². The number of aldehydes is 1. The maximum Gasteiger partial charge on any atom is 0.243 e. The molecule has 0 radical (unpaired) electrons. The van der Waals surface area contributed by atoms with Crippen LogP contribution >= 0.6 is 11.6 Å². The van der Waals surface area contributed by atoms with Crippen LogP contribution in [-0.4, -0.2) is 42.8 Å². The largest absolute Gasteiger partial charge is 0.491 e. The van der Waals surface area contributed by atoms with E-state index in [0.29, 0.717) is 30.3 Å². The third kappa shape index (κ3) is 5.04. The number of halogens is 1. The van der Waals surface area contributed by atoms with E-state index in [-0.39, 0.29) is 23.5 Å². The number of carbonyl (C=O) groups is 1. The van der Waals surface area contributed by atoms with Gasteiger partial charge in [-0.2, -0.15) is 4.31 Å². The van der Waals surface area contributed by atoms with Crippen LogP contribution < -0.4 is 4.74 Å². The molecule has 37 heavy (non-hydrogen) atoms. The Kier molecular flexibility index (Phi) is 7.12. The fourth-order valence-corrected chi connectivity index (χ4v) is 6.80. The predicted octanol–water partition coefficient (Wildman–Crippen LogP) is 6.13. The molecule has 0 aliphatic carbocycles. The summed E-state index contributed by atoms with van der Waals surface area (Å²) >= 11 is 6.43. The van der Waals surface area contributed by atoms with Crippen LogP contribution in [0.2, 0.25) is 5.02 Å². The Labute approximate surface area is 222 Å². The highest BCUT2D eigenvalue weighted by molar-refractivity contribution is 7.89. The first-order valence-corrected chi connectivity index (χ1v) is 14.2. The minimum absolute atomic E-state index is 0.0175. The zero-order chi connectivity index (χ0) is 26.2. The van der Waals surface area contributed by atoms with Crippen molar-refractivity contribution in [1.29, 1.82) is 0 Å². The molecule has 1 unspecified atom stereocenters. The lowest BCUT2D eigenvalue weighted by Gasteiger charge is -2.17. The van der Waals surface area contributed by atoms with E-state index < -0.39 is 10.0 Å². The van der Waals surface area contributed by atoms with Crippen LogP contribution in [0.3, 0.4) is 0 Å². The summed E-state index contributed by atoms with van der Waals surface area (Å²) in [7, 11) is -3.63. The Balaban J connectivity index is 1.43. The first-order chi connectivity index (χ1) is 17.8. The number of carbonyl (C=O) groups excluding carboxylic acids is 1. The molecule has 1 atom stereocenters. The van der Waals surface area contributed by atoms with Gasteiger partial charge in [-0.15, -0.1) is 0 Å². The van der Waals surface area contributed by atoms with Crippen LogP contribution in [0.5, 0.6) is 5.75 Å². The van der Waals surface area contributed by atoms with Crippen LogP contribution in [-0.2, 0) is 21.4 Å². The standard InChI is InChI=1S/C29H29ClN2O4S/c1-20(2)36-23-8-10-24(11-9-23)37(34,35)32-14-13-22(18-32)27-19-31(15-16-33)29-17-21(7-12-26(27)29)25-5-3-4-6-28(25)30/h3-12,16-17,19-20,22H,13-15,18H2,1-2H3. The molecule has 0 saturated carbocycles. The zero-order valence-electron chi connectivity index (χ0n) is 20.8. The molecule has 2 heterocycles. The van der Waals surface area contributed by atoms with Gasteiger partial charge in [0, 0.05) is 46.7 Å². The normalized spacial score (nSPS) is 16.5. The van der Waals surface area contributed by atoms with Gasteiger partial charge in [-0.25, -0.2) is 8.42 Å². The SMILES string of the molecule is CC(C)Oc1ccc(S(=O)(=O)N2CCC(c3cn(CC=O)c4cc(-c5ccccc5Cl)ccc34)C2)cc1. The van der Waals surface area contributed by atoms with E-state index in [1.807, 2.05) is 61.0 Å². The number of fused-ring (bicyclic) bond motifs is 1. The lowest BCUT2D eigenvalue weighted by atomic mass is 9.96. The molecule has 8 heteroatoms. The Morgan fingerprint density at radius 1 is 1.08 bits per heavy atom. The van der Waals surface area contributed by atoms with Gasteiger partial charge < -0.3 is 14.1 Å². The highest BCUT2D eigenvalue weighted by Gasteiger charge is 2.34. The van der Waals surface area contributed by atoms with Crippen LogP contribution in [0.15, 0.2) is 77.8 Å². The van der Waals surface area contributed by atoms with Gasteiger partial charge in [-0.1, -0.05) is 41.9 Å². The van der Waals surface area contributed by atoms with Crippen LogP contribution in [0.25, 0.3) is 22.0 Å². The average molecular weight is 537 g/mol. The molecule has 0 amide bonds. The minimum atomic E-state index is -3.63. The number of nitrogens with zero attached hydrogens (tertiary/aromatic N) is 2. The van der Waals surface area contributed by atoms with E-state index in [1.54, 1.807) is 28.6 Å². The maximum atomic E-state index is 13.4. The van der Waals surface area contributed by atoms with Crippen molar-refractivity contribution in [3.63, 3.8) is 0 Å². The number of benzene rings is 3. The van der Waals surface area contributed by atoms with Gasteiger partial charge in [0.05, 0.1) is 17.5 Å². The fourth-order valence-electron chi connectivity index (χ4n) is 5.05. The Morgan fingerprint density at radius 2 is 1.84 bits per heavy atom. The molecule has 1 saturated heterocycles. The van der Waals surface area contributed by atoms with E-state index in [1.165, 1.54) is 0 Å². The van der Waals surface area contributed by atoms with Gasteiger partial charge in [-0.3, -0.25) is 0 Å². The topological polar surface area (TPSA) is 68.6 Å². The summed E-state index contributed by atoms with van der Waals surface area (Å²) in [6.07, 6.45) is 3.60. The van der Waals surface area contributed by atoms with Crippen molar-refractivity contribution >= 4 is 38.8 Å². The van der Waals surface area contributed by atoms with E-state index in [9.17, 15) is 13.2 Å². The molecule has 0 N–H and O–H groups in total. The summed E-state index contributed by atoms with van der Waals surface area (Å²) in [6, 6.07) is 20.4. The molecule has 5 rings (SSSR count). The van der Waals surface area contributed by atoms with Gasteiger partial charge in [0.25, 0.3) is 0 Å². The van der Waals surface area contributed by atoms with Crippen LogP contribution in [0.4, 0.5) is 0 Å². The van der Waals surface area contributed by atoms with Gasteiger partial charge in [0.15, 0.2) is 0 Å². The highest BCUT2D eigenvalue weighted by Crippen LogP contribution is 2.38. The quantitative estimate of drug-likeness (QED) is 0.254. The average Bonchev–Trinajstić information content (AvgIpc) is 3.50. The van der Waals surface area contributed by atoms with E-state index >= 15 is 0 Å². The third-order valence-electron chi connectivity index (χ3n) is 6.79. The van der Waals surface area contributed by atoms with Crippen molar-refractivity contribution in [1.82, 2.24) is 8.87 Å². The molecular formula is C29H29ClN2O4S. The summed E-state index contributed by atoms with van der Waals surface area (Å²) in [5.41, 5.74) is 3.88. The van der Waals surface area contributed by atoms with Crippen molar-refractivity contribution in [3.05, 3.63) is 83.5 Å². The monoisotopic (exact) mass is 536 g/mol. The zero-order valence-corrected chi connectivity index (χ0v) is 22.4. The molecule has 4 aromatic rings. The molecule has 0 bridgehead atoms. The second-order valence-corrected chi connectivity index (χ2v) is 11.9. The smallest absolute Gasteiger partial charge is 0.243 e. The summed E-state index contributed by atoms with van der Waals surface area (Å²) in [4.78, 5) is 11.7. The number of hydrogen-bond acceptors (Lipinski definition) is 4. The molecule has 1 aliphatic heterocycles. The Hall–Kier alpha value is -3.13. The lowest BCUT2D eigenvalue weighted by molar-refractivity contribution is -0.108. The Morgan fingerprint density at radius 3 is 2.54 bits per heavy atom. The molecule has 6 nitrogen and oxygen atoms in total. The van der Waals surface area contributed by atoms with Crippen LogP contribution in [0, 0.1) is 0 Å². The number of hydrogen-bond donors (Lipinski definition) is 0. The fraction of sp³-hybridized carbons (Fsp3) is 0.276. The number of aromatic nitrogens is 1. The third-order valence-corrected chi connectivity index (χ3v) is 9.00. The Bertz CT molecular complexity index is 1540. The summed E-state index contributed by atoms with van der Waals surface area (Å²) in [5, 5.41) is 1.69. The first-order valence-electron chi connectivity index (χ1n) is 12.4. The molecule has 192 valence electrons. The van der Waals surface area contributed by atoms with Crippen molar-refractivity contribution in [3.8, 4) is 16.9 Å². The van der Waals surface area contributed by atoms with Crippen molar-refractivity contribution in [2.75, 3.05) is 13.1 Å². The first kappa shape index (κ1) is 25.5. The molecule has 0 spiro atoms. The van der Waals surface area contributed by atoms with E-state index in [0.717, 1.165) is 33.9 Å². The molecule has 1 fully saturated rings. The summed E-state index contributed by atoms with van der Waals surface area (Å²) in [6.45, 7) is 4.91. The minimum Gasteiger partial charge on any atom is -0.491 e. The van der Waals surface area contributed by atoms with Crippen molar-refractivity contribution in [2.45, 2.75) is 43.7 Å². The number of rotatable bonds is 8. The molecule has 1 aromatic heterocycles. The van der Waals surface area contributed by atoms with Gasteiger partial charge >= 0.3 is 0 Å². The number of sulfonamides is 1. The van der Waals surface area contributed by atoms with Crippen molar-refractivity contribution < 1.29 is 17.9 Å². The maximum absolute atomic E-state index is 13.4. The molecular weight excluding hydrogens is 508 g/mol. The van der Waals surface area contributed by atoms with E-state index in [4.69, 9.17) is 16.3 Å². The highest BCUT2D eigenvalue weighted by atomic mass is 35.5. The van der Waals surface area contributed by atoms with E-state index in [2.05, 4.69) is 6.07 Å². The summed E-state index contributed by atoms with van der Waals surface area (Å²) < 4.78 is 35.9.